The van der Waals surface area contributed by atoms with E-state index in [0.29, 0.717) is 5.75 Å². The third-order valence-corrected chi connectivity index (χ3v) is 5.17. The monoisotopic (exact) mass is 404 g/mol. The average Bonchev–Trinajstić information content (AvgIpc) is 2.78. The molecule has 1 unspecified atom stereocenters. The zero-order valence-electron chi connectivity index (χ0n) is 17.3. The van der Waals surface area contributed by atoms with E-state index in [1.165, 1.54) is 0 Å². The van der Waals surface area contributed by atoms with Gasteiger partial charge in [-0.15, -0.1) is 0 Å². The van der Waals surface area contributed by atoms with E-state index in [2.05, 4.69) is 34.3 Å². The lowest BCUT2D eigenvalue weighted by Gasteiger charge is -2.34. The highest BCUT2D eigenvalue weighted by Crippen LogP contribution is 2.16. The van der Waals surface area contributed by atoms with Crippen LogP contribution in [-0.4, -0.2) is 62.1 Å². The first kappa shape index (κ1) is 21.6. The number of rotatable bonds is 8. The minimum Gasteiger partial charge on any atom is -0.479 e. The summed E-state index contributed by atoms with van der Waals surface area (Å²) in [7, 11) is 2.14. The number of hydrogen-bond acceptors (Lipinski definition) is 5. The summed E-state index contributed by atoms with van der Waals surface area (Å²) < 4.78 is 5.24. The maximum atomic E-state index is 12.6. The van der Waals surface area contributed by atoms with Crippen LogP contribution in [0, 0.1) is 11.3 Å². The summed E-state index contributed by atoms with van der Waals surface area (Å²) in [5.74, 6) is 0.511. The Balaban J connectivity index is 1.61. The largest absolute Gasteiger partial charge is 0.479 e. The van der Waals surface area contributed by atoms with Gasteiger partial charge in [0.1, 0.15) is 11.8 Å². The highest BCUT2D eigenvalue weighted by molar-refractivity contribution is 5.92. The van der Waals surface area contributed by atoms with Gasteiger partial charge in [0.15, 0.2) is 6.61 Å². The molecule has 30 heavy (non-hydrogen) atoms. The predicted octanol–water partition coefficient (Wildman–Crippen LogP) is 2.71. The van der Waals surface area contributed by atoms with E-state index < -0.39 is 0 Å². The highest BCUT2D eigenvalue weighted by atomic mass is 16.5. The van der Waals surface area contributed by atoms with Crippen LogP contribution in [0.5, 0.6) is 5.75 Å². The Morgan fingerprint density at radius 1 is 1.13 bits per heavy atom. The molecule has 6 heteroatoms. The summed E-state index contributed by atoms with van der Waals surface area (Å²) in [4.78, 5) is 17.3. The average molecular weight is 405 g/mol. The number of nitrogens with one attached hydrogen (secondary N) is 1. The van der Waals surface area contributed by atoms with Crippen LogP contribution < -0.4 is 10.1 Å². The van der Waals surface area contributed by atoms with Crippen molar-refractivity contribution in [2.45, 2.75) is 6.04 Å². The molecule has 3 rings (SSSR count). The number of piperazine rings is 1. The van der Waals surface area contributed by atoms with Gasteiger partial charge in [-0.2, -0.15) is 5.26 Å². The highest BCUT2D eigenvalue weighted by Gasteiger charge is 2.20. The number of ether oxygens (including phenoxy) is 1. The number of carbonyl (C=O) groups excluding carboxylic acids is 1. The predicted molar refractivity (Wildman–Crippen MR) is 118 cm³/mol. The van der Waals surface area contributed by atoms with Crippen molar-refractivity contribution in [2.24, 2.45) is 0 Å². The van der Waals surface area contributed by atoms with E-state index in [9.17, 15) is 4.79 Å². The third kappa shape index (κ3) is 6.73. The smallest absolute Gasteiger partial charge is 0.244 e. The van der Waals surface area contributed by atoms with E-state index >= 15 is 0 Å². The van der Waals surface area contributed by atoms with Gasteiger partial charge >= 0.3 is 0 Å². The van der Waals surface area contributed by atoms with Crippen LogP contribution >= 0.6 is 0 Å². The van der Waals surface area contributed by atoms with Gasteiger partial charge in [0.25, 0.3) is 0 Å². The van der Waals surface area contributed by atoms with Gasteiger partial charge in [0, 0.05) is 38.8 Å². The van der Waals surface area contributed by atoms with Gasteiger partial charge < -0.3 is 15.0 Å². The van der Waals surface area contributed by atoms with Crippen molar-refractivity contribution in [1.29, 1.82) is 5.26 Å². The Morgan fingerprint density at radius 2 is 1.83 bits per heavy atom. The molecule has 0 aromatic heterocycles. The van der Waals surface area contributed by atoms with Crippen molar-refractivity contribution < 1.29 is 9.53 Å². The van der Waals surface area contributed by atoms with E-state index in [4.69, 9.17) is 10.00 Å². The fraction of sp³-hybridized carbons (Fsp3) is 0.333. The lowest BCUT2D eigenvalue weighted by molar-refractivity contribution is -0.117. The van der Waals surface area contributed by atoms with Gasteiger partial charge in [-0.3, -0.25) is 9.69 Å². The number of likely N-dealkylation sites (N-methyl/N-ethyl adjacent to an activating group) is 1. The van der Waals surface area contributed by atoms with Gasteiger partial charge in [-0.05, 0) is 36.4 Å². The van der Waals surface area contributed by atoms with Crippen LogP contribution in [0.15, 0.2) is 60.7 Å². The lowest BCUT2D eigenvalue weighted by atomic mass is 10.1. The standard InChI is InChI=1S/C24H28N4O2/c1-27-14-16-28(17-15-27)19-23(21-5-3-2-4-6-21)26-24(29)12-9-20-7-10-22(11-8-20)30-18-13-25/h2-12,23H,14-19H2,1H3,(H,26,29)/b12-9+. The molecule has 1 saturated heterocycles. The molecule has 1 heterocycles. The zero-order chi connectivity index (χ0) is 21.2. The Morgan fingerprint density at radius 3 is 2.50 bits per heavy atom. The van der Waals surface area contributed by atoms with Crippen LogP contribution in [0.25, 0.3) is 6.08 Å². The zero-order valence-corrected chi connectivity index (χ0v) is 17.3. The second kappa shape index (κ2) is 11.1. The Labute approximate surface area is 178 Å². The topological polar surface area (TPSA) is 68.6 Å². The van der Waals surface area contributed by atoms with E-state index in [-0.39, 0.29) is 18.6 Å². The maximum absolute atomic E-state index is 12.6. The van der Waals surface area contributed by atoms with E-state index in [1.54, 1.807) is 24.3 Å². The molecule has 1 aliphatic rings. The summed E-state index contributed by atoms with van der Waals surface area (Å²) in [5.41, 5.74) is 2.00. The van der Waals surface area contributed by atoms with Crippen molar-refractivity contribution in [3.63, 3.8) is 0 Å². The van der Waals surface area contributed by atoms with Crippen LogP contribution in [0.4, 0.5) is 0 Å². The second-order valence-corrected chi connectivity index (χ2v) is 7.42. The molecular weight excluding hydrogens is 376 g/mol. The quantitative estimate of drug-likeness (QED) is 0.685. The molecular formula is C24H28N4O2. The van der Waals surface area contributed by atoms with E-state index in [1.807, 2.05) is 36.4 Å². The molecule has 0 spiro atoms. The van der Waals surface area contributed by atoms with Gasteiger partial charge in [0.2, 0.25) is 5.91 Å². The number of hydrogen-bond donors (Lipinski definition) is 1. The molecule has 0 saturated carbocycles. The molecule has 6 nitrogen and oxygen atoms in total. The first-order valence-electron chi connectivity index (χ1n) is 10.2. The van der Waals surface area contributed by atoms with Crippen LogP contribution in [-0.2, 0) is 4.79 Å². The summed E-state index contributed by atoms with van der Waals surface area (Å²) in [6.45, 7) is 4.92. The molecule has 1 aliphatic heterocycles. The normalized spacial score (nSPS) is 16.1. The summed E-state index contributed by atoms with van der Waals surface area (Å²) >= 11 is 0. The molecule has 1 fully saturated rings. The number of nitriles is 1. The minimum atomic E-state index is -0.122. The molecule has 1 amide bonds. The Hall–Kier alpha value is -3.14. The van der Waals surface area contributed by atoms with Crippen molar-refractivity contribution in [2.75, 3.05) is 46.4 Å². The summed E-state index contributed by atoms with van der Waals surface area (Å²) in [5, 5.41) is 11.7. The molecule has 1 atom stereocenters. The first-order chi connectivity index (χ1) is 14.6. The number of nitrogens with zero attached hydrogens (tertiary/aromatic N) is 3. The molecule has 2 aromatic rings. The molecule has 1 N–H and O–H groups in total. The molecule has 0 aliphatic carbocycles. The van der Waals surface area contributed by atoms with Crippen molar-refractivity contribution in [3.8, 4) is 11.8 Å². The summed E-state index contributed by atoms with van der Waals surface area (Å²) in [6, 6.07) is 19.3. The van der Waals surface area contributed by atoms with Crippen LogP contribution in [0.1, 0.15) is 17.2 Å². The number of carbonyl (C=O) groups is 1. The second-order valence-electron chi connectivity index (χ2n) is 7.42. The minimum absolute atomic E-state index is 0.0196. The van der Waals surface area contributed by atoms with Crippen molar-refractivity contribution >= 4 is 12.0 Å². The fourth-order valence-corrected chi connectivity index (χ4v) is 3.39. The Bertz CT molecular complexity index is 866. The first-order valence-corrected chi connectivity index (χ1v) is 10.2. The lowest BCUT2D eigenvalue weighted by Crippen LogP contribution is -2.47. The maximum Gasteiger partial charge on any atom is 0.244 e. The van der Waals surface area contributed by atoms with E-state index in [0.717, 1.165) is 43.9 Å². The van der Waals surface area contributed by atoms with Gasteiger partial charge in [-0.1, -0.05) is 42.5 Å². The van der Waals surface area contributed by atoms with Gasteiger partial charge in [-0.25, -0.2) is 0 Å². The molecule has 156 valence electrons. The SMILES string of the molecule is CN1CCN(CC(NC(=O)/C=C/c2ccc(OCC#N)cc2)c2ccccc2)CC1. The van der Waals surface area contributed by atoms with Crippen molar-refractivity contribution in [1.82, 2.24) is 15.1 Å². The fourth-order valence-electron chi connectivity index (χ4n) is 3.39. The van der Waals surface area contributed by atoms with Crippen molar-refractivity contribution in [3.05, 3.63) is 71.8 Å². The third-order valence-electron chi connectivity index (χ3n) is 5.17. The van der Waals surface area contributed by atoms with Gasteiger partial charge in [0.05, 0.1) is 6.04 Å². The Kier molecular flexibility index (Phi) is 8.02. The van der Waals surface area contributed by atoms with Crippen LogP contribution in [0.3, 0.4) is 0 Å². The molecule has 2 aromatic carbocycles. The molecule has 0 bridgehead atoms. The van der Waals surface area contributed by atoms with Crippen LogP contribution in [0.2, 0.25) is 0 Å². The number of benzene rings is 2. The number of amides is 1. The molecule has 0 radical (unpaired) electrons. The summed E-state index contributed by atoms with van der Waals surface area (Å²) in [6.07, 6.45) is 3.34.